The van der Waals surface area contributed by atoms with Crippen molar-refractivity contribution in [3.63, 3.8) is 0 Å². The number of carbonyl (C=O) groups excluding carboxylic acids is 2. The SMILES string of the molecule is CC(C)(C)OC(=O)Cn1nc(CBr)c2ccccc2c1=O.CCOc1cc2[nH][nH]c(=O)c2cc1Cl.CCOc1cc2[nH]n(Cc3nn(CC(=O)OC(C)(C)C)c(=O)c4ccccc34)c(=O)c2cc1Cl. The van der Waals surface area contributed by atoms with Crippen LogP contribution in [0.5, 0.6) is 11.5 Å². The number of aromatic nitrogens is 8. The average Bonchev–Trinajstić information content (AvgIpc) is 3.79. The van der Waals surface area contributed by atoms with E-state index >= 15 is 0 Å². The third-order valence-electron chi connectivity index (χ3n) is 9.75. The zero-order chi connectivity index (χ0) is 50.4. The van der Waals surface area contributed by atoms with E-state index in [1.807, 2.05) is 26.0 Å². The maximum Gasteiger partial charge on any atom is 0.328 e. The molecule has 0 amide bonds. The number of rotatable bonds is 11. The fraction of sp³-hybridized carbons (Fsp3) is 0.333. The number of fused-ring (bicyclic) bond motifs is 4. The van der Waals surface area contributed by atoms with Gasteiger partial charge in [0.15, 0.2) is 0 Å². The number of carbonyl (C=O) groups is 2. The normalized spacial score (nSPS) is 11.5. The minimum atomic E-state index is -0.695. The van der Waals surface area contributed by atoms with Crippen molar-refractivity contribution < 1.29 is 28.5 Å². The summed E-state index contributed by atoms with van der Waals surface area (Å²) in [7, 11) is 0. The number of hydrogen-bond acceptors (Lipinski definition) is 12. The lowest BCUT2D eigenvalue weighted by Gasteiger charge is -2.19. The standard InChI is InChI=1S/C24H25ClN4O5.C15H17BrN2O3.C9H9ClN2O2/c1-5-33-20-11-18-16(10-17(20)25)23(32)28(26-18)12-19-14-8-6-7-9-15(14)22(31)29(27-19)13-21(30)34-24(2,3)4;1-15(2,3)21-13(19)9-18-14(20)11-7-5-4-6-10(11)12(8-16)17-18;1-2-14-8-4-7-5(3-6(8)10)9(13)12-11-7/h6-11,26H,5,12-13H2,1-4H3;4-7H,8-9H2,1-3H3;3-4H,2H2,1H3,(H2,11,12,13). The van der Waals surface area contributed by atoms with Crippen LogP contribution in [0.1, 0.15) is 66.8 Å². The summed E-state index contributed by atoms with van der Waals surface area (Å²) in [6.07, 6.45) is 0. The summed E-state index contributed by atoms with van der Waals surface area (Å²) >= 11 is 15.5. The molecule has 4 aromatic heterocycles. The monoisotopic (exact) mass is 1050 g/mol. The van der Waals surface area contributed by atoms with E-state index in [2.05, 4.69) is 41.4 Å². The first-order chi connectivity index (χ1) is 32.6. The van der Waals surface area contributed by atoms with E-state index in [9.17, 15) is 28.8 Å². The number of hydrogen-bond donors (Lipinski definition) is 3. The number of aromatic amines is 3. The van der Waals surface area contributed by atoms with Gasteiger partial charge in [0.2, 0.25) is 0 Å². The van der Waals surface area contributed by atoms with Crippen molar-refractivity contribution in [2.24, 2.45) is 0 Å². The summed E-state index contributed by atoms with van der Waals surface area (Å²) in [5.41, 5.74) is -0.0383. The van der Waals surface area contributed by atoms with Gasteiger partial charge < -0.3 is 18.9 Å². The lowest BCUT2D eigenvalue weighted by atomic mass is 10.1. The van der Waals surface area contributed by atoms with E-state index in [0.717, 1.165) is 14.7 Å². The molecule has 0 saturated heterocycles. The first kappa shape index (κ1) is 51.7. The van der Waals surface area contributed by atoms with Crippen molar-refractivity contribution in [2.75, 3.05) is 13.2 Å². The Balaban J connectivity index is 0.000000189. The van der Waals surface area contributed by atoms with Gasteiger partial charge in [-0.25, -0.2) is 14.0 Å². The summed E-state index contributed by atoms with van der Waals surface area (Å²) in [6, 6.07) is 20.7. The molecule has 4 aromatic carbocycles. The molecule has 0 spiro atoms. The van der Waals surface area contributed by atoms with Crippen molar-refractivity contribution in [2.45, 2.75) is 91.6 Å². The van der Waals surface area contributed by atoms with Crippen LogP contribution in [0.3, 0.4) is 0 Å². The number of esters is 2. The van der Waals surface area contributed by atoms with Crippen LogP contribution < -0.4 is 31.7 Å². The molecule has 0 aliphatic rings. The topological polar surface area (TPSA) is 227 Å². The second-order valence-corrected chi connectivity index (χ2v) is 18.7. The Morgan fingerprint density at radius 2 is 1.06 bits per heavy atom. The lowest BCUT2D eigenvalue weighted by molar-refractivity contribution is -0.157. The quantitative estimate of drug-likeness (QED) is 0.0827. The molecular weight excluding hydrogens is 999 g/mol. The van der Waals surface area contributed by atoms with Crippen molar-refractivity contribution in [1.82, 2.24) is 39.5 Å². The third-order valence-corrected chi connectivity index (χ3v) is 10.9. The summed E-state index contributed by atoms with van der Waals surface area (Å²) in [5, 5.41) is 21.5. The number of alkyl halides is 1. The Bertz CT molecular complexity index is 3430. The van der Waals surface area contributed by atoms with Crippen LogP contribution in [0, 0.1) is 0 Å². The van der Waals surface area contributed by atoms with E-state index < -0.39 is 28.7 Å². The van der Waals surface area contributed by atoms with E-state index in [4.69, 9.17) is 42.1 Å². The average molecular weight is 1050 g/mol. The summed E-state index contributed by atoms with van der Waals surface area (Å²) in [5.74, 6) is -0.00595. The molecule has 21 heteroatoms. The van der Waals surface area contributed by atoms with Crippen molar-refractivity contribution in [3.8, 4) is 11.5 Å². The van der Waals surface area contributed by atoms with Gasteiger partial charge in [-0.15, -0.1) is 0 Å². The fourth-order valence-corrected chi connectivity index (χ4v) is 7.88. The van der Waals surface area contributed by atoms with Crippen molar-refractivity contribution >= 4 is 94.4 Å². The predicted molar refractivity (Wildman–Crippen MR) is 269 cm³/mol. The Morgan fingerprint density at radius 1 is 0.609 bits per heavy atom. The van der Waals surface area contributed by atoms with Crippen LogP contribution in [-0.4, -0.2) is 75.9 Å². The first-order valence-corrected chi connectivity index (χ1v) is 23.5. The number of H-pyrrole nitrogens is 3. The Kier molecular flexibility index (Phi) is 16.3. The molecule has 18 nitrogen and oxygen atoms in total. The van der Waals surface area contributed by atoms with Crippen LogP contribution in [-0.2, 0) is 44.0 Å². The molecule has 69 heavy (non-hydrogen) atoms. The minimum Gasteiger partial charge on any atom is -0.492 e. The second-order valence-electron chi connectivity index (χ2n) is 17.3. The van der Waals surface area contributed by atoms with Gasteiger partial charge in [-0.05, 0) is 79.7 Å². The highest BCUT2D eigenvalue weighted by molar-refractivity contribution is 9.08. The number of ether oxygens (including phenoxy) is 4. The predicted octanol–water partition coefficient (Wildman–Crippen LogP) is 8.02. The zero-order valence-corrected chi connectivity index (χ0v) is 42.2. The maximum absolute atomic E-state index is 13.0. The lowest BCUT2D eigenvalue weighted by Crippen LogP contribution is -2.33. The summed E-state index contributed by atoms with van der Waals surface area (Å²) in [6.45, 7) is 14.8. The molecule has 4 heterocycles. The zero-order valence-electron chi connectivity index (χ0n) is 39.1. The molecule has 0 aliphatic carbocycles. The molecule has 0 fully saturated rings. The van der Waals surface area contributed by atoms with Gasteiger partial charge in [0, 0.05) is 28.2 Å². The number of nitrogens with zero attached hydrogens (tertiary/aromatic N) is 5. The molecule has 0 bridgehead atoms. The van der Waals surface area contributed by atoms with E-state index in [-0.39, 0.29) is 36.3 Å². The Labute approximate surface area is 412 Å². The van der Waals surface area contributed by atoms with Crippen molar-refractivity contribution in [1.29, 1.82) is 0 Å². The highest BCUT2D eigenvalue weighted by Gasteiger charge is 2.21. The van der Waals surface area contributed by atoms with E-state index in [1.165, 1.54) is 4.68 Å². The van der Waals surface area contributed by atoms with Gasteiger partial charge in [0.25, 0.3) is 22.2 Å². The highest BCUT2D eigenvalue weighted by Crippen LogP contribution is 2.29. The Hall–Kier alpha value is -6.70. The first-order valence-electron chi connectivity index (χ1n) is 21.7. The van der Waals surface area contributed by atoms with Crippen LogP contribution in [0.15, 0.2) is 92.0 Å². The van der Waals surface area contributed by atoms with Crippen LogP contribution in [0.2, 0.25) is 10.0 Å². The molecule has 0 aliphatic heterocycles. The molecule has 364 valence electrons. The molecule has 8 aromatic rings. The van der Waals surface area contributed by atoms with Crippen LogP contribution >= 0.6 is 39.1 Å². The molecule has 0 atom stereocenters. The van der Waals surface area contributed by atoms with E-state index in [0.29, 0.717) is 89.4 Å². The Morgan fingerprint density at radius 3 is 1.54 bits per heavy atom. The molecular formula is C48H51BrCl2N8O10. The fourth-order valence-electron chi connectivity index (χ4n) is 7.03. The van der Waals surface area contributed by atoms with Gasteiger partial charge >= 0.3 is 11.9 Å². The number of benzene rings is 4. The number of nitrogens with one attached hydrogen (secondary N) is 3. The molecule has 8 rings (SSSR count). The second kappa shape index (κ2) is 21.7. The minimum absolute atomic E-state index is 0.0458. The largest absolute Gasteiger partial charge is 0.492 e. The third kappa shape index (κ3) is 12.7. The number of halogens is 3. The summed E-state index contributed by atoms with van der Waals surface area (Å²) in [4.78, 5) is 73.8. The van der Waals surface area contributed by atoms with Gasteiger partial charge in [-0.3, -0.25) is 44.1 Å². The van der Waals surface area contributed by atoms with Gasteiger partial charge in [0.05, 0.1) is 73.8 Å². The van der Waals surface area contributed by atoms with Gasteiger partial charge in [-0.1, -0.05) is 75.5 Å². The molecule has 0 unspecified atom stereocenters. The van der Waals surface area contributed by atoms with Gasteiger partial charge in [0.1, 0.15) is 35.8 Å². The highest BCUT2D eigenvalue weighted by atomic mass is 79.9. The van der Waals surface area contributed by atoms with Gasteiger partial charge in [-0.2, -0.15) is 10.2 Å². The molecule has 3 N–H and O–H groups in total. The van der Waals surface area contributed by atoms with Crippen LogP contribution in [0.25, 0.3) is 43.4 Å². The van der Waals surface area contributed by atoms with Crippen LogP contribution in [0.4, 0.5) is 0 Å². The van der Waals surface area contributed by atoms with Crippen molar-refractivity contribution in [3.05, 3.63) is 136 Å². The smallest absolute Gasteiger partial charge is 0.328 e. The molecule has 0 saturated carbocycles. The molecule has 0 radical (unpaired) electrons. The summed E-state index contributed by atoms with van der Waals surface area (Å²) < 4.78 is 25.0. The maximum atomic E-state index is 13.0. The van der Waals surface area contributed by atoms with E-state index in [1.54, 1.807) is 102 Å².